The van der Waals surface area contributed by atoms with Crippen molar-refractivity contribution in [1.29, 1.82) is 0 Å². The number of carbonyl (C=O) groups excluding carboxylic acids is 1. The number of aromatic nitrogens is 2. The van der Waals surface area contributed by atoms with Gasteiger partial charge in [-0.3, -0.25) is 9.69 Å². The van der Waals surface area contributed by atoms with Crippen LogP contribution in [0, 0.1) is 0 Å². The number of fused-ring (bicyclic) bond motifs is 1. The summed E-state index contributed by atoms with van der Waals surface area (Å²) in [5.41, 5.74) is 13.3. The second-order valence-corrected chi connectivity index (χ2v) is 7.68. The maximum absolute atomic E-state index is 12.9. The van der Waals surface area contributed by atoms with Crippen LogP contribution < -0.4 is 16.4 Å². The molecule has 2 heterocycles. The zero-order chi connectivity index (χ0) is 22.9. The lowest BCUT2D eigenvalue weighted by atomic mass is 10.0. The molecule has 1 aliphatic rings. The zero-order valence-electron chi connectivity index (χ0n) is 17.2. The van der Waals surface area contributed by atoms with Gasteiger partial charge in [0, 0.05) is 56.0 Å². The van der Waals surface area contributed by atoms with E-state index in [1.54, 1.807) is 12.3 Å². The fraction of sp³-hybridized carbons (Fsp3) is 0.318. The summed E-state index contributed by atoms with van der Waals surface area (Å²) in [6.07, 6.45) is -1.31. The van der Waals surface area contributed by atoms with Crippen LogP contribution in [0.1, 0.15) is 27.5 Å². The number of hydrogen-bond donors (Lipinski definition) is 2. The van der Waals surface area contributed by atoms with Crippen molar-refractivity contribution in [2.45, 2.75) is 12.2 Å². The maximum atomic E-state index is 12.9. The van der Waals surface area contributed by atoms with Crippen molar-refractivity contribution in [1.82, 2.24) is 14.9 Å². The van der Waals surface area contributed by atoms with Crippen LogP contribution in [0.4, 0.5) is 18.9 Å². The molecule has 168 valence electrons. The van der Waals surface area contributed by atoms with Crippen molar-refractivity contribution in [2.24, 2.45) is 11.5 Å². The van der Waals surface area contributed by atoms with E-state index in [0.717, 1.165) is 28.8 Å². The van der Waals surface area contributed by atoms with Gasteiger partial charge < -0.3 is 16.4 Å². The van der Waals surface area contributed by atoms with Crippen molar-refractivity contribution in [3.8, 4) is 0 Å². The third-order valence-electron chi connectivity index (χ3n) is 5.86. The normalized spacial score (nSPS) is 16.3. The molecule has 1 unspecified atom stereocenters. The van der Waals surface area contributed by atoms with Crippen molar-refractivity contribution in [3.05, 3.63) is 65.6 Å². The van der Waals surface area contributed by atoms with Crippen molar-refractivity contribution in [2.75, 3.05) is 37.6 Å². The molecule has 1 aliphatic heterocycles. The minimum Gasteiger partial charge on any atom is -0.368 e. The van der Waals surface area contributed by atoms with Crippen molar-refractivity contribution < 1.29 is 18.0 Å². The number of piperazine rings is 1. The Morgan fingerprint density at radius 1 is 1.06 bits per heavy atom. The van der Waals surface area contributed by atoms with Gasteiger partial charge in [0.15, 0.2) is 0 Å². The van der Waals surface area contributed by atoms with Crippen LogP contribution in [0.3, 0.4) is 0 Å². The molecule has 1 aromatic heterocycles. The number of carbonyl (C=O) groups is 1. The van der Waals surface area contributed by atoms with Gasteiger partial charge in [0.05, 0.1) is 16.6 Å². The van der Waals surface area contributed by atoms with Gasteiger partial charge in [0.2, 0.25) is 0 Å². The molecule has 3 aromatic rings. The Labute approximate surface area is 182 Å². The number of amides is 1. The summed E-state index contributed by atoms with van der Waals surface area (Å²) < 4.78 is 38.6. The lowest BCUT2D eigenvalue weighted by Gasteiger charge is -2.40. The summed E-state index contributed by atoms with van der Waals surface area (Å²) in [6.45, 7) is 3.01. The highest BCUT2D eigenvalue weighted by molar-refractivity contribution is 6.07. The molecular formula is C22H23F3N6O. The third-order valence-corrected chi connectivity index (χ3v) is 5.86. The van der Waals surface area contributed by atoms with Gasteiger partial charge in [-0.25, -0.2) is 9.97 Å². The molecule has 1 saturated heterocycles. The fourth-order valence-corrected chi connectivity index (χ4v) is 4.20. The van der Waals surface area contributed by atoms with Gasteiger partial charge in [-0.05, 0) is 29.8 Å². The van der Waals surface area contributed by atoms with Gasteiger partial charge in [0.25, 0.3) is 5.91 Å². The Balaban J connectivity index is 1.52. The maximum Gasteiger partial charge on any atom is 0.416 e. The largest absolute Gasteiger partial charge is 0.416 e. The van der Waals surface area contributed by atoms with E-state index in [1.165, 1.54) is 18.5 Å². The van der Waals surface area contributed by atoms with Crippen LogP contribution in [-0.4, -0.2) is 53.5 Å². The number of primary amides is 1. The number of benzene rings is 2. The average Bonchev–Trinajstić information content (AvgIpc) is 2.79. The summed E-state index contributed by atoms with van der Waals surface area (Å²) in [4.78, 5) is 24.4. The highest BCUT2D eigenvalue weighted by atomic mass is 19.4. The summed E-state index contributed by atoms with van der Waals surface area (Å²) in [5, 5.41) is 0.746. The number of halogens is 3. The number of rotatable bonds is 5. The molecule has 10 heteroatoms. The second kappa shape index (κ2) is 8.71. The highest BCUT2D eigenvalue weighted by Gasteiger charge is 2.31. The Bertz CT molecular complexity index is 1110. The summed E-state index contributed by atoms with van der Waals surface area (Å²) in [5.74, 6) is -0.549. The van der Waals surface area contributed by atoms with E-state index < -0.39 is 17.6 Å². The molecule has 1 fully saturated rings. The minimum absolute atomic E-state index is 0.170. The molecule has 32 heavy (non-hydrogen) atoms. The molecule has 4 rings (SSSR count). The van der Waals surface area contributed by atoms with Crippen LogP contribution >= 0.6 is 0 Å². The number of nitrogens with zero attached hydrogens (tertiary/aromatic N) is 4. The van der Waals surface area contributed by atoms with E-state index in [9.17, 15) is 18.0 Å². The molecular weight excluding hydrogens is 421 g/mol. The SMILES string of the molecule is NCC(c1ccc(C(F)(F)F)cc1)N1CCN(c2ccc(C(N)=O)c3ncncc23)CC1. The molecule has 0 saturated carbocycles. The molecule has 0 radical (unpaired) electrons. The predicted octanol–water partition coefficient (Wildman–Crippen LogP) is 2.57. The van der Waals surface area contributed by atoms with Crippen molar-refractivity contribution in [3.63, 3.8) is 0 Å². The van der Waals surface area contributed by atoms with E-state index in [1.807, 2.05) is 6.07 Å². The molecule has 0 aliphatic carbocycles. The number of nitrogens with two attached hydrogens (primary N) is 2. The fourth-order valence-electron chi connectivity index (χ4n) is 4.20. The van der Waals surface area contributed by atoms with Gasteiger partial charge in [-0.1, -0.05) is 12.1 Å². The summed E-state index contributed by atoms with van der Waals surface area (Å²) >= 11 is 0. The minimum atomic E-state index is -4.36. The zero-order valence-corrected chi connectivity index (χ0v) is 17.2. The summed E-state index contributed by atoms with van der Waals surface area (Å²) in [6, 6.07) is 8.54. The molecule has 4 N–H and O–H groups in total. The quantitative estimate of drug-likeness (QED) is 0.627. The number of hydrogen-bond acceptors (Lipinski definition) is 6. The Morgan fingerprint density at radius 3 is 2.34 bits per heavy atom. The van der Waals surface area contributed by atoms with Gasteiger partial charge in [0.1, 0.15) is 6.33 Å². The monoisotopic (exact) mass is 444 g/mol. The molecule has 2 aromatic carbocycles. The predicted molar refractivity (Wildman–Crippen MR) is 115 cm³/mol. The van der Waals surface area contributed by atoms with Gasteiger partial charge in [-0.2, -0.15) is 13.2 Å². The van der Waals surface area contributed by atoms with Crippen LogP contribution in [-0.2, 0) is 6.18 Å². The standard InChI is InChI=1S/C22H23F3N6O/c23-22(24,25)15-3-1-14(2-4-15)19(11-26)31-9-7-30(8-10-31)18-6-5-16(21(27)32)20-17(18)12-28-13-29-20/h1-6,12-13,19H,7-11,26H2,(H2,27,32). The average molecular weight is 444 g/mol. The highest BCUT2D eigenvalue weighted by Crippen LogP contribution is 2.32. The molecule has 0 spiro atoms. The second-order valence-electron chi connectivity index (χ2n) is 7.68. The van der Waals surface area contributed by atoms with Gasteiger partial charge in [-0.15, -0.1) is 0 Å². The van der Waals surface area contributed by atoms with E-state index in [0.29, 0.717) is 43.8 Å². The Morgan fingerprint density at radius 2 is 1.75 bits per heavy atom. The molecule has 1 atom stereocenters. The third kappa shape index (κ3) is 4.23. The number of alkyl halides is 3. The smallest absolute Gasteiger partial charge is 0.368 e. The molecule has 1 amide bonds. The molecule has 0 bridgehead atoms. The first-order valence-corrected chi connectivity index (χ1v) is 10.2. The first kappa shape index (κ1) is 22.0. The van der Waals surface area contributed by atoms with E-state index in [2.05, 4.69) is 19.8 Å². The van der Waals surface area contributed by atoms with Gasteiger partial charge >= 0.3 is 6.18 Å². The van der Waals surface area contributed by atoms with Crippen LogP contribution in [0.2, 0.25) is 0 Å². The van der Waals surface area contributed by atoms with Crippen molar-refractivity contribution >= 4 is 22.5 Å². The van der Waals surface area contributed by atoms with Crippen LogP contribution in [0.15, 0.2) is 48.9 Å². The van der Waals surface area contributed by atoms with E-state index in [4.69, 9.17) is 11.5 Å². The lowest BCUT2D eigenvalue weighted by molar-refractivity contribution is -0.137. The van der Waals surface area contributed by atoms with E-state index >= 15 is 0 Å². The molecule has 7 nitrogen and oxygen atoms in total. The number of anilines is 1. The Kier molecular flexibility index (Phi) is 5.98. The van der Waals surface area contributed by atoms with Crippen LogP contribution in [0.25, 0.3) is 10.9 Å². The topological polar surface area (TPSA) is 101 Å². The Hall–Kier alpha value is -3.24. The summed E-state index contributed by atoms with van der Waals surface area (Å²) in [7, 11) is 0. The lowest BCUT2D eigenvalue weighted by Crippen LogP contribution is -2.49. The van der Waals surface area contributed by atoms with Crippen LogP contribution in [0.5, 0.6) is 0 Å². The van der Waals surface area contributed by atoms with E-state index in [-0.39, 0.29) is 6.04 Å². The first-order chi connectivity index (χ1) is 15.3. The first-order valence-electron chi connectivity index (χ1n) is 10.2.